The van der Waals surface area contributed by atoms with Crippen molar-refractivity contribution in [3.8, 4) is 11.5 Å². The van der Waals surface area contributed by atoms with E-state index in [-0.39, 0.29) is 18.1 Å². The number of carbonyl (C=O) groups is 1. The second kappa shape index (κ2) is 6.72. The Balaban J connectivity index is 2.15. The minimum absolute atomic E-state index is 0.106. The lowest BCUT2D eigenvalue weighted by Crippen LogP contribution is -2.00. The molecule has 0 saturated heterocycles. The molecule has 0 N–H and O–H groups in total. The Morgan fingerprint density at radius 1 is 1.24 bits per heavy atom. The van der Waals surface area contributed by atoms with Crippen LogP contribution in [0.5, 0.6) is 11.5 Å². The summed E-state index contributed by atoms with van der Waals surface area (Å²) in [6.07, 6.45) is 0. The van der Waals surface area contributed by atoms with Gasteiger partial charge in [0.2, 0.25) is 0 Å². The molecule has 3 nitrogen and oxygen atoms in total. The minimum atomic E-state index is -0.554. The third-order valence-corrected chi connectivity index (χ3v) is 3.75. The van der Waals surface area contributed by atoms with Crippen LogP contribution in [0.4, 0.5) is 4.39 Å². The van der Waals surface area contributed by atoms with Gasteiger partial charge in [-0.2, -0.15) is 0 Å². The molecule has 2 aromatic carbocycles. The Morgan fingerprint density at radius 2 is 2.00 bits per heavy atom. The maximum absolute atomic E-state index is 13.8. The average Bonchev–Trinajstić information content (AvgIpc) is 2.47. The SMILES string of the molecule is COc1ccc(Br)c(COc2ccc(C(C)=O)cc2F)c1. The summed E-state index contributed by atoms with van der Waals surface area (Å²) >= 11 is 3.41. The zero-order chi connectivity index (χ0) is 15.4. The van der Waals surface area contributed by atoms with Crippen LogP contribution in [0.15, 0.2) is 40.9 Å². The molecule has 0 atom stereocenters. The molecular formula is C16H14BrFO3. The van der Waals surface area contributed by atoms with Crippen LogP contribution in [-0.2, 0) is 6.61 Å². The highest BCUT2D eigenvalue weighted by Crippen LogP contribution is 2.25. The van der Waals surface area contributed by atoms with E-state index in [2.05, 4.69) is 15.9 Å². The summed E-state index contributed by atoms with van der Waals surface area (Å²) in [7, 11) is 1.58. The third-order valence-electron chi connectivity index (χ3n) is 2.97. The molecule has 0 radical (unpaired) electrons. The Morgan fingerprint density at radius 3 is 2.62 bits per heavy atom. The molecule has 0 heterocycles. The molecule has 0 saturated carbocycles. The zero-order valence-electron chi connectivity index (χ0n) is 11.7. The molecule has 5 heteroatoms. The Labute approximate surface area is 130 Å². The van der Waals surface area contributed by atoms with Crippen molar-refractivity contribution in [1.82, 2.24) is 0 Å². The molecule has 21 heavy (non-hydrogen) atoms. The summed E-state index contributed by atoms with van der Waals surface area (Å²) in [5, 5.41) is 0. The largest absolute Gasteiger partial charge is 0.497 e. The van der Waals surface area contributed by atoms with Crippen molar-refractivity contribution in [3.05, 3.63) is 57.8 Å². The van der Waals surface area contributed by atoms with Crippen LogP contribution in [0.3, 0.4) is 0 Å². The number of ether oxygens (including phenoxy) is 2. The Bertz CT molecular complexity index is 671. The number of methoxy groups -OCH3 is 1. The number of hydrogen-bond donors (Lipinski definition) is 0. The highest BCUT2D eigenvalue weighted by Gasteiger charge is 2.09. The van der Waals surface area contributed by atoms with Crippen molar-refractivity contribution in [2.24, 2.45) is 0 Å². The van der Waals surface area contributed by atoms with Gasteiger partial charge in [-0.1, -0.05) is 15.9 Å². The van der Waals surface area contributed by atoms with Gasteiger partial charge in [-0.25, -0.2) is 4.39 Å². The van der Waals surface area contributed by atoms with Crippen LogP contribution in [0.2, 0.25) is 0 Å². The second-order valence-electron chi connectivity index (χ2n) is 4.45. The number of ketones is 1. The lowest BCUT2D eigenvalue weighted by atomic mass is 10.1. The second-order valence-corrected chi connectivity index (χ2v) is 5.30. The fourth-order valence-corrected chi connectivity index (χ4v) is 2.14. The molecule has 0 unspecified atom stereocenters. The Hall–Kier alpha value is -1.88. The predicted octanol–water partition coefficient (Wildman–Crippen LogP) is 4.38. The van der Waals surface area contributed by atoms with E-state index in [1.54, 1.807) is 13.2 Å². The number of hydrogen-bond acceptors (Lipinski definition) is 3. The molecule has 0 fully saturated rings. The standard InChI is InChI=1S/C16H14BrFO3/c1-10(19)11-3-6-16(15(18)8-11)21-9-12-7-13(20-2)4-5-14(12)17/h3-8H,9H2,1-2H3. The summed E-state index contributed by atoms with van der Waals surface area (Å²) in [5.74, 6) is 0.0663. The first-order chi connectivity index (χ1) is 10.0. The van der Waals surface area contributed by atoms with Gasteiger partial charge < -0.3 is 9.47 Å². The monoisotopic (exact) mass is 352 g/mol. The topological polar surface area (TPSA) is 35.5 Å². The maximum Gasteiger partial charge on any atom is 0.165 e. The third kappa shape index (κ3) is 3.82. The van der Waals surface area contributed by atoms with Gasteiger partial charge in [0.15, 0.2) is 17.3 Å². The summed E-state index contributed by atoms with van der Waals surface area (Å²) in [5.41, 5.74) is 1.16. The predicted molar refractivity (Wildman–Crippen MR) is 81.4 cm³/mol. The van der Waals surface area contributed by atoms with Gasteiger partial charge in [-0.15, -0.1) is 0 Å². The van der Waals surface area contributed by atoms with Crippen LogP contribution in [0, 0.1) is 5.82 Å². The Kier molecular flexibility index (Phi) is 4.96. The average molecular weight is 353 g/mol. The van der Waals surface area contributed by atoms with Crippen LogP contribution < -0.4 is 9.47 Å². The lowest BCUT2D eigenvalue weighted by molar-refractivity contribution is 0.101. The van der Waals surface area contributed by atoms with Gasteiger partial charge in [0, 0.05) is 15.6 Å². The van der Waals surface area contributed by atoms with Crippen molar-refractivity contribution in [2.75, 3.05) is 7.11 Å². The molecule has 0 bridgehead atoms. The molecule has 0 aliphatic carbocycles. The zero-order valence-corrected chi connectivity index (χ0v) is 13.2. The maximum atomic E-state index is 13.8. The van der Waals surface area contributed by atoms with Crippen LogP contribution in [-0.4, -0.2) is 12.9 Å². The molecule has 2 aromatic rings. The number of benzene rings is 2. The number of rotatable bonds is 5. The van der Waals surface area contributed by atoms with E-state index in [0.29, 0.717) is 11.3 Å². The van der Waals surface area contributed by atoms with E-state index in [1.807, 2.05) is 18.2 Å². The molecule has 0 aromatic heterocycles. The van der Waals surface area contributed by atoms with Gasteiger partial charge in [0.25, 0.3) is 0 Å². The first kappa shape index (κ1) is 15.5. The van der Waals surface area contributed by atoms with Crippen molar-refractivity contribution < 1.29 is 18.7 Å². The minimum Gasteiger partial charge on any atom is -0.497 e. The summed E-state index contributed by atoms with van der Waals surface area (Å²) in [6.45, 7) is 1.58. The quantitative estimate of drug-likeness (QED) is 0.749. The molecule has 0 aliphatic rings. The molecule has 0 spiro atoms. The number of Topliss-reactive ketones (excluding diaryl/α,β-unsaturated/α-hetero) is 1. The van der Waals surface area contributed by atoms with Crippen molar-refractivity contribution in [1.29, 1.82) is 0 Å². The molecule has 2 rings (SSSR count). The van der Waals surface area contributed by atoms with Crippen molar-refractivity contribution in [2.45, 2.75) is 13.5 Å². The molecule has 0 amide bonds. The highest BCUT2D eigenvalue weighted by atomic mass is 79.9. The first-order valence-corrected chi connectivity index (χ1v) is 7.06. The summed E-state index contributed by atoms with van der Waals surface area (Å²) in [4.78, 5) is 11.2. The van der Waals surface area contributed by atoms with Crippen LogP contribution in [0.25, 0.3) is 0 Å². The molecule has 110 valence electrons. The molecule has 0 aliphatic heterocycles. The fourth-order valence-electron chi connectivity index (χ4n) is 1.78. The van der Waals surface area contributed by atoms with Gasteiger partial charge in [0.05, 0.1) is 7.11 Å². The number of carbonyl (C=O) groups excluding carboxylic acids is 1. The summed E-state index contributed by atoms with van der Waals surface area (Å²) in [6, 6.07) is 9.65. The summed E-state index contributed by atoms with van der Waals surface area (Å²) < 4.78 is 25.3. The van der Waals surface area contributed by atoms with E-state index in [9.17, 15) is 9.18 Å². The van der Waals surface area contributed by atoms with Gasteiger partial charge in [-0.05, 0) is 43.3 Å². The normalized spacial score (nSPS) is 10.3. The van der Waals surface area contributed by atoms with Gasteiger partial charge in [0.1, 0.15) is 12.4 Å². The first-order valence-electron chi connectivity index (χ1n) is 6.27. The van der Waals surface area contributed by atoms with Crippen molar-refractivity contribution in [3.63, 3.8) is 0 Å². The van der Waals surface area contributed by atoms with E-state index in [4.69, 9.17) is 9.47 Å². The highest BCUT2D eigenvalue weighted by molar-refractivity contribution is 9.10. The van der Waals surface area contributed by atoms with E-state index >= 15 is 0 Å². The van der Waals surface area contributed by atoms with Crippen LogP contribution >= 0.6 is 15.9 Å². The van der Waals surface area contributed by atoms with Gasteiger partial charge >= 0.3 is 0 Å². The van der Waals surface area contributed by atoms with E-state index in [1.165, 1.54) is 19.1 Å². The van der Waals surface area contributed by atoms with E-state index < -0.39 is 5.82 Å². The smallest absolute Gasteiger partial charge is 0.165 e. The van der Waals surface area contributed by atoms with Crippen molar-refractivity contribution >= 4 is 21.7 Å². The fraction of sp³-hybridized carbons (Fsp3) is 0.188. The van der Waals surface area contributed by atoms with Crippen LogP contribution in [0.1, 0.15) is 22.8 Å². The van der Waals surface area contributed by atoms with E-state index in [0.717, 1.165) is 10.0 Å². The lowest BCUT2D eigenvalue weighted by Gasteiger charge is -2.10. The van der Waals surface area contributed by atoms with Gasteiger partial charge in [-0.3, -0.25) is 4.79 Å². The molecular weight excluding hydrogens is 339 g/mol. The number of halogens is 2.